The second-order valence-electron chi connectivity index (χ2n) is 8.17. The number of carbonyl (C=O) groups is 2. The summed E-state index contributed by atoms with van der Waals surface area (Å²) in [6.45, 7) is 5.13. The van der Waals surface area contributed by atoms with Gasteiger partial charge in [-0.3, -0.25) is 14.6 Å². The molecule has 2 aromatic carbocycles. The molecule has 180 valence electrons. The predicted molar refractivity (Wildman–Crippen MR) is 132 cm³/mol. The van der Waals surface area contributed by atoms with Crippen LogP contribution in [0.25, 0.3) is 5.76 Å². The van der Waals surface area contributed by atoms with Crippen LogP contribution in [0, 0.1) is 0 Å². The number of Topliss-reactive ketones (excluding diaryl/α,β-unsaturated/α-hetero) is 1. The molecule has 7 nitrogen and oxygen atoms in total. The fourth-order valence-corrected chi connectivity index (χ4v) is 4.10. The lowest BCUT2D eigenvalue weighted by molar-refractivity contribution is -0.140. The van der Waals surface area contributed by atoms with Crippen molar-refractivity contribution in [3.63, 3.8) is 0 Å². The van der Waals surface area contributed by atoms with Crippen molar-refractivity contribution >= 4 is 17.4 Å². The molecule has 3 aromatic rings. The molecular weight excluding hydrogens is 444 g/mol. The third kappa shape index (κ3) is 5.19. The molecule has 1 fully saturated rings. The van der Waals surface area contributed by atoms with E-state index in [0.717, 1.165) is 12.0 Å². The largest absolute Gasteiger partial charge is 0.507 e. The van der Waals surface area contributed by atoms with E-state index >= 15 is 0 Å². The summed E-state index contributed by atoms with van der Waals surface area (Å²) in [5.41, 5.74) is 1.92. The van der Waals surface area contributed by atoms with Gasteiger partial charge in [-0.2, -0.15) is 0 Å². The topological polar surface area (TPSA) is 89.0 Å². The Labute approximate surface area is 204 Å². The Morgan fingerprint density at radius 1 is 1.00 bits per heavy atom. The summed E-state index contributed by atoms with van der Waals surface area (Å²) in [5, 5.41) is 11.3. The van der Waals surface area contributed by atoms with Gasteiger partial charge in [0.15, 0.2) is 0 Å². The van der Waals surface area contributed by atoms with Gasteiger partial charge in [0.2, 0.25) is 0 Å². The maximum absolute atomic E-state index is 13.3. The van der Waals surface area contributed by atoms with Gasteiger partial charge in [-0.25, -0.2) is 0 Å². The van der Waals surface area contributed by atoms with Crippen LogP contribution in [0.4, 0.5) is 0 Å². The lowest BCUT2D eigenvalue weighted by Crippen LogP contribution is -2.29. The highest BCUT2D eigenvalue weighted by atomic mass is 16.5. The van der Waals surface area contributed by atoms with E-state index in [1.54, 1.807) is 42.7 Å². The molecular formula is C28H28N2O5. The zero-order valence-electron chi connectivity index (χ0n) is 19.8. The first-order valence-corrected chi connectivity index (χ1v) is 11.7. The van der Waals surface area contributed by atoms with Crippen molar-refractivity contribution in [2.75, 3.05) is 13.2 Å². The first-order chi connectivity index (χ1) is 17.0. The number of pyridine rings is 1. The number of amides is 1. The first-order valence-electron chi connectivity index (χ1n) is 11.7. The third-order valence-electron chi connectivity index (χ3n) is 5.70. The van der Waals surface area contributed by atoms with Gasteiger partial charge in [-0.1, -0.05) is 25.1 Å². The Bertz CT molecular complexity index is 1220. The molecule has 1 unspecified atom stereocenters. The number of aliphatic hydroxyl groups excluding tert-OH is 1. The number of rotatable bonds is 9. The number of benzene rings is 2. The maximum Gasteiger partial charge on any atom is 0.295 e. The number of likely N-dealkylation sites (tertiary alicyclic amines) is 1. The summed E-state index contributed by atoms with van der Waals surface area (Å²) < 4.78 is 11.3. The highest BCUT2D eigenvalue weighted by Crippen LogP contribution is 2.41. The molecule has 1 N–H and O–H groups in total. The zero-order valence-corrected chi connectivity index (χ0v) is 19.8. The summed E-state index contributed by atoms with van der Waals surface area (Å²) >= 11 is 0. The van der Waals surface area contributed by atoms with Gasteiger partial charge >= 0.3 is 0 Å². The smallest absolute Gasteiger partial charge is 0.295 e. The first kappa shape index (κ1) is 24.0. The standard InChI is InChI=1S/C28H28N2O5/c1-3-15-35-23-9-5-8-21(16-23)25-24(26(31)20-10-12-22(13-11-20)34-4-2)27(32)28(33)30(25)18-19-7-6-14-29-17-19/h5-14,16-17,25,31H,3-4,15,18H2,1-2H3. The number of aliphatic hydroxyl groups is 1. The quantitative estimate of drug-likeness (QED) is 0.271. The van der Waals surface area contributed by atoms with E-state index < -0.39 is 17.7 Å². The fraction of sp³-hybridized carbons (Fsp3) is 0.250. The highest BCUT2D eigenvalue weighted by molar-refractivity contribution is 6.46. The van der Waals surface area contributed by atoms with Gasteiger partial charge in [-0.15, -0.1) is 0 Å². The van der Waals surface area contributed by atoms with Crippen molar-refractivity contribution in [2.45, 2.75) is 32.9 Å². The molecule has 1 aromatic heterocycles. The van der Waals surface area contributed by atoms with E-state index in [1.165, 1.54) is 4.90 Å². The normalized spacial score (nSPS) is 17.0. The molecule has 0 radical (unpaired) electrons. The van der Waals surface area contributed by atoms with Crippen molar-refractivity contribution in [3.05, 3.63) is 95.3 Å². The highest BCUT2D eigenvalue weighted by Gasteiger charge is 2.46. The second-order valence-corrected chi connectivity index (χ2v) is 8.17. The number of hydrogen-bond donors (Lipinski definition) is 1. The summed E-state index contributed by atoms with van der Waals surface area (Å²) in [5.74, 6) is -0.350. The third-order valence-corrected chi connectivity index (χ3v) is 5.70. The Hall–Kier alpha value is -4.13. The van der Waals surface area contributed by atoms with E-state index in [1.807, 2.05) is 44.2 Å². The number of ketones is 1. The molecule has 1 amide bonds. The van der Waals surface area contributed by atoms with Crippen molar-refractivity contribution in [1.29, 1.82) is 0 Å². The average Bonchev–Trinajstić information content (AvgIpc) is 3.13. The minimum absolute atomic E-state index is 0.0377. The van der Waals surface area contributed by atoms with E-state index in [-0.39, 0.29) is 17.9 Å². The molecule has 1 saturated heterocycles. The molecule has 0 saturated carbocycles. The molecule has 4 rings (SSSR count). The Morgan fingerprint density at radius 2 is 1.80 bits per heavy atom. The molecule has 7 heteroatoms. The van der Waals surface area contributed by atoms with E-state index in [2.05, 4.69) is 4.98 Å². The zero-order chi connectivity index (χ0) is 24.8. The molecule has 0 aliphatic carbocycles. The molecule has 1 aliphatic heterocycles. The Morgan fingerprint density at radius 3 is 2.49 bits per heavy atom. The molecule has 0 spiro atoms. The van der Waals surface area contributed by atoms with Crippen LogP contribution in [0.1, 0.15) is 43.0 Å². The van der Waals surface area contributed by atoms with Crippen molar-refractivity contribution in [2.24, 2.45) is 0 Å². The number of hydrogen-bond acceptors (Lipinski definition) is 6. The number of aromatic nitrogens is 1. The summed E-state index contributed by atoms with van der Waals surface area (Å²) in [4.78, 5) is 32.0. The lowest BCUT2D eigenvalue weighted by atomic mass is 9.95. The van der Waals surface area contributed by atoms with Gasteiger partial charge in [0.25, 0.3) is 11.7 Å². The van der Waals surface area contributed by atoms with Gasteiger partial charge in [-0.05, 0) is 66.9 Å². The molecule has 1 atom stereocenters. The van der Waals surface area contributed by atoms with Gasteiger partial charge in [0, 0.05) is 24.5 Å². The van der Waals surface area contributed by atoms with Gasteiger partial charge in [0.1, 0.15) is 17.3 Å². The van der Waals surface area contributed by atoms with E-state index in [4.69, 9.17) is 9.47 Å². The van der Waals surface area contributed by atoms with Crippen LogP contribution in [-0.4, -0.2) is 39.9 Å². The summed E-state index contributed by atoms with van der Waals surface area (Å²) in [7, 11) is 0. The monoisotopic (exact) mass is 472 g/mol. The van der Waals surface area contributed by atoms with E-state index in [9.17, 15) is 14.7 Å². The van der Waals surface area contributed by atoms with Crippen molar-refractivity contribution in [3.8, 4) is 11.5 Å². The number of nitrogens with zero attached hydrogens (tertiary/aromatic N) is 2. The van der Waals surface area contributed by atoms with Crippen molar-refractivity contribution in [1.82, 2.24) is 9.88 Å². The average molecular weight is 473 g/mol. The SMILES string of the molecule is CCCOc1cccc(C2C(=C(O)c3ccc(OCC)cc3)C(=O)C(=O)N2Cc2cccnc2)c1. The molecule has 0 bridgehead atoms. The van der Waals surface area contributed by atoms with Crippen LogP contribution < -0.4 is 9.47 Å². The fourth-order valence-electron chi connectivity index (χ4n) is 4.10. The van der Waals surface area contributed by atoms with Crippen LogP contribution in [0.2, 0.25) is 0 Å². The lowest BCUT2D eigenvalue weighted by Gasteiger charge is -2.25. The number of ether oxygens (including phenoxy) is 2. The van der Waals surface area contributed by atoms with Crippen LogP contribution >= 0.6 is 0 Å². The molecule has 35 heavy (non-hydrogen) atoms. The van der Waals surface area contributed by atoms with Crippen LogP contribution in [0.5, 0.6) is 11.5 Å². The summed E-state index contributed by atoms with van der Waals surface area (Å²) in [6.07, 6.45) is 4.15. The predicted octanol–water partition coefficient (Wildman–Crippen LogP) is 4.89. The van der Waals surface area contributed by atoms with Crippen LogP contribution in [-0.2, 0) is 16.1 Å². The molecule has 1 aliphatic rings. The van der Waals surface area contributed by atoms with Gasteiger partial charge < -0.3 is 19.5 Å². The molecule has 2 heterocycles. The Kier molecular flexibility index (Phi) is 7.45. The van der Waals surface area contributed by atoms with Crippen molar-refractivity contribution < 1.29 is 24.2 Å². The van der Waals surface area contributed by atoms with Crippen LogP contribution in [0.3, 0.4) is 0 Å². The number of carbonyl (C=O) groups excluding carboxylic acids is 2. The minimum atomic E-state index is -0.785. The summed E-state index contributed by atoms with van der Waals surface area (Å²) in [6, 6.07) is 16.9. The van der Waals surface area contributed by atoms with Gasteiger partial charge in [0.05, 0.1) is 24.8 Å². The maximum atomic E-state index is 13.3. The second kappa shape index (κ2) is 10.9. The van der Waals surface area contributed by atoms with E-state index in [0.29, 0.717) is 35.8 Å². The Balaban J connectivity index is 1.81. The van der Waals surface area contributed by atoms with Crippen LogP contribution in [0.15, 0.2) is 78.6 Å². The minimum Gasteiger partial charge on any atom is -0.507 e.